The van der Waals surface area contributed by atoms with E-state index in [1.165, 1.54) is 6.42 Å². The second-order valence-electron chi connectivity index (χ2n) is 4.38. The van der Waals surface area contributed by atoms with Gasteiger partial charge in [-0.25, -0.2) is 9.97 Å². The van der Waals surface area contributed by atoms with Crippen LogP contribution in [0.25, 0.3) is 0 Å². The van der Waals surface area contributed by atoms with E-state index in [1.54, 1.807) is 6.33 Å². The van der Waals surface area contributed by atoms with Crippen molar-refractivity contribution in [2.75, 3.05) is 25.0 Å². The van der Waals surface area contributed by atoms with Crippen molar-refractivity contribution in [2.45, 2.75) is 32.2 Å². The van der Waals surface area contributed by atoms with Gasteiger partial charge in [-0.2, -0.15) is 0 Å². The van der Waals surface area contributed by atoms with Crippen molar-refractivity contribution in [2.24, 2.45) is 0 Å². The maximum atomic E-state index is 4.35. The Bertz CT molecular complexity index is 334. The first-order valence-electron chi connectivity index (χ1n) is 6.05. The highest BCUT2D eigenvalue weighted by atomic mass is 15.2. The van der Waals surface area contributed by atoms with Crippen LogP contribution < -0.4 is 10.2 Å². The number of hydrogen-bond acceptors (Lipinski definition) is 4. The Morgan fingerprint density at radius 3 is 3.06 bits per heavy atom. The number of aryl methyl sites for hydroxylation is 1. The smallest absolute Gasteiger partial charge is 0.132 e. The van der Waals surface area contributed by atoms with E-state index < -0.39 is 0 Å². The quantitative estimate of drug-likeness (QED) is 0.828. The normalized spacial score (nSPS) is 20.0. The molecule has 1 saturated heterocycles. The molecule has 1 aromatic rings. The Morgan fingerprint density at radius 1 is 1.50 bits per heavy atom. The van der Waals surface area contributed by atoms with Gasteiger partial charge in [-0.05, 0) is 19.4 Å². The Morgan fingerprint density at radius 2 is 2.38 bits per heavy atom. The van der Waals surface area contributed by atoms with Crippen LogP contribution in [0.5, 0.6) is 0 Å². The molecule has 1 fully saturated rings. The minimum Gasteiger partial charge on any atom is -0.355 e. The van der Waals surface area contributed by atoms with Crippen molar-refractivity contribution in [3.05, 3.63) is 18.1 Å². The van der Waals surface area contributed by atoms with E-state index in [-0.39, 0.29) is 0 Å². The molecule has 1 aliphatic rings. The lowest BCUT2D eigenvalue weighted by Crippen LogP contribution is -2.34. The summed E-state index contributed by atoms with van der Waals surface area (Å²) < 4.78 is 0. The minimum atomic E-state index is 0.573. The van der Waals surface area contributed by atoms with Crippen LogP contribution in [0.2, 0.25) is 0 Å². The summed E-state index contributed by atoms with van der Waals surface area (Å²) in [4.78, 5) is 10.9. The molecule has 1 atom stereocenters. The van der Waals surface area contributed by atoms with Gasteiger partial charge in [-0.3, -0.25) is 0 Å². The molecule has 4 heteroatoms. The Hall–Kier alpha value is -1.16. The standard InChI is InChI=1S/C12H20N4/c1-3-4-10-7-12(15-9-14-10)16(2)11-5-6-13-8-11/h7,9,11,13H,3-6,8H2,1-2H3. The number of likely N-dealkylation sites (N-methyl/N-ethyl adjacent to an activating group) is 1. The molecule has 1 aliphatic heterocycles. The summed E-state index contributed by atoms with van der Waals surface area (Å²) in [5.41, 5.74) is 1.14. The van der Waals surface area contributed by atoms with Gasteiger partial charge in [-0.15, -0.1) is 0 Å². The highest BCUT2D eigenvalue weighted by Crippen LogP contribution is 2.16. The molecule has 0 bridgehead atoms. The zero-order valence-corrected chi connectivity index (χ0v) is 10.1. The van der Waals surface area contributed by atoms with E-state index in [2.05, 4.69) is 40.2 Å². The lowest BCUT2D eigenvalue weighted by molar-refractivity contribution is 0.675. The summed E-state index contributed by atoms with van der Waals surface area (Å²) in [6, 6.07) is 2.69. The van der Waals surface area contributed by atoms with Gasteiger partial charge in [-0.1, -0.05) is 13.3 Å². The van der Waals surface area contributed by atoms with E-state index in [0.717, 1.165) is 37.4 Å². The fraction of sp³-hybridized carbons (Fsp3) is 0.667. The first kappa shape index (κ1) is 11.3. The van der Waals surface area contributed by atoms with Crippen LogP contribution >= 0.6 is 0 Å². The summed E-state index contributed by atoms with van der Waals surface area (Å²) in [6.45, 7) is 4.35. The van der Waals surface area contributed by atoms with Gasteiger partial charge in [0.05, 0.1) is 0 Å². The molecule has 0 amide bonds. The van der Waals surface area contributed by atoms with Crippen molar-refractivity contribution in [1.82, 2.24) is 15.3 Å². The van der Waals surface area contributed by atoms with Gasteiger partial charge in [0.15, 0.2) is 0 Å². The maximum absolute atomic E-state index is 4.35. The van der Waals surface area contributed by atoms with Crippen molar-refractivity contribution in [3.8, 4) is 0 Å². The highest BCUT2D eigenvalue weighted by Gasteiger charge is 2.20. The molecule has 0 saturated carbocycles. The number of aromatic nitrogens is 2. The third-order valence-corrected chi connectivity index (χ3v) is 3.16. The van der Waals surface area contributed by atoms with Gasteiger partial charge in [0.2, 0.25) is 0 Å². The fourth-order valence-electron chi connectivity index (χ4n) is 2.13. The Kier molecular flexibility index (Phi) is 3.72. The lowest BCUT2D eigenvalue weighted by Gasteiger charge is -2.24. The molecule has 4 nitrogen and oxygen atoms in total. The van der Waals surface area contributed by atoms with Gasteiger partial charge in [0.25, 0.3) is 0 Å². The van der Waals surface area contributed by atoms with Gasteiger partial charge < -0.3 is 10.2 Å². The monoisotopic (exact) mass is 220 g/mol. The van der Waals surface area contributed by atoms with Crippen LogP contribution in [-0.2, 0) is 6.42 Å². The van der Waals surface area contributed by atoms with Crippen molar-refractivity contribution >= 4 is 5.82 Å². The van der Waals surface area contributed by atoms with E-state index in [0.29, 0.717) is 6.04 Å². The average Bonchev–Trinajstić information content (AvgIpc) is 2.82. The number of hydrogen-bond donors (Lipinski definition) is 1. The van der Waals surface area contributed by atoms with Crippen LogP contribution in [-0.4, -0.2) is 36.1 Å². The lowest BCUT2D eigenvalue weighted by atomic mass is 10.2. The minimum absolute atomic E-state index is 0.573. The van der Waals surface area contributed by atoms with Crippen molar-refractivity contribution < 1.29 is 0 Å². The first-order chi connectivity index (χ1) is 7.81. The summed E-state index contributed by atoms with van der Waals surface area (Å²) in [5.74, 6) is 1.05. The number of nitrogens with zero attached hydrogens (tertiary/aromatic N) is 3. The van der Waals surface area contributed by atoms with E-state index in [9.17, 15) is 0 Å². The molecule has 16 heavy (non-hydrogen) atoms. The van der Waals surface area contributed by atoms with Gasteiger partial charge >= 0.3 is 0 Å². The number of anilines is 1. The molecule has 0 radical (unpaired) electrons. The third-order valence-electron chi connectivity index (χ3n) is 3.16. The van der Waals surface area contributed by atoms with Crippen LogP contribution in [0.1, 0.15) is 25.5 Å². The van der Waals surface area contributed by atoms with Crippen LogP contribution in [0.3, 0.4) is 0 Å². The topological polar surface area (TPSA) is 41.0 Å². The van der Waals surface area contributed by atoms with Crippen LogP contribution in [0.15, 0.2) is 12.4 Å². The zero-order chi connectivity index (χ0) is 11.4. The second kappa shape index (κ2) is 5.25. The Labute approximate surface area is 97.1 Å². The molecule has 0 aliphatic carbocycles. The number of nitrogens with one attached hydrogen (secondary N) is 1. The van der Waals surface area contributed by atoms with Crippen molar-refractivity contribution in [3.63, 3.8) is 0 Å². The van der Waals surface area contributed by atoms with E-state index in [4.69, 9.17) is 0 Å². The SMILES string of the molecule is CCCc1cc(N(C)C2CCNC2)ncn1. The average molecular weight is 220 g/mol. The first-order valence-corrected chi connectivity index (χ1v) is 6.05. The summed E-state index contributed by atoms with van der Waals surface area (Å²) in [7, 11) is 2.12. The van der Waals surface area contributed by atoms with Crippen molar-refractivity contribution in [1.29, 1.82) is 0 Å². The molecule has 1 N–H and O–H groups in total. The second-order valence-corrected chi connectivity index (χ2v) is 4.38. The molecule has 1 unspecified atom stereocenters. The Balaban J connectivity index is 2.09. The van der Waals surface area contributed by atoms with Gasteiger partial charge in [0.1, 0.15) is 12.1 Å². The van der Waals surface area contributed by atoms with Crippen LogP contribution in [0, 0.1) is 0 Å². The molecule has 0 spiro atoms. The summed E-state index contributed by atoms with van der Waals surface area (Å²) in [6.07, 6.45) is 5.04. The molecule has 1 aromatic heterocycles. The van der Waals surface area contributed by atoms with Gasteiger partial charge in [0, 0.05) is 31.4 Å². The van der Waals surface area contributed by atoms with E-state index >= 15 is 0 Å². The third kappa shape index (κ3) is 2.50. The summed E-state index contributed by atoms with van der Waals surface area (Å²) >= 11 is 0. The maximum Gasteiger partial charge on any atom is 0.132 e. The fourth-order valence-corrected chi connectivity index (χ4v) is 2.13. The molecule has 0 aromatic carbocycles. The molecular formula is C12H20N4. The molecular weight excluding hydrogens is 200 g/mol. The molecule has 88 valence electrons. The predicted octanol–water partition coefficient (Wildman–Crippen LogP) is 1.23. The van der Waals surface area contributed by atoms with Crippen LogP contribution in [0.4, 0.5) is 5.82 Å². The highest BCUT2D eigenvalue weighted by molar-refractivity contribution is 5.39. The number of rotatable bonds is 4. The predicted molar refractivity (Wildman–Crippen MR) is 65.7 cm³/mol. The molecule has 2 heterocycles. The molecule has 2 rings (SSSR count). The zero-order valence-electron chi connectivity index (χ0n) is 10.1. The van der Waals surface area contributed by atoms with E-state index in [1.807, 2.05) is 0 Å². The summed E-state index contributed by atoms with van der Waals surface area (Å²) in [5, 5.41) is 3.38. The largest absolute Gasteiger partial charge is 0.355 e.